The molecule has 0 fully saturated rings. The summed E-state index contributed by atoms with van der Waals surface area (Å²) in [5, 5.41) is 17.2. The van der Waals surface area contributed by atoms with Gasteiger partial charge in [0.15, 0.2) is 0 Å². The molecule has 14 heavy (non-hydrogen) atoms. The minimum atomic E-state index is -4.37. The van der Waals surface area contributed by atoms with E-state index in [9.17, 15) is 13.2 Å². The van der Waals surface area contributed by atoms with E-state index in [4.69, 9.17) is 10.5 Å². The van der Waals surface area contributed by atoms with Gasteiger partial charge in [-0.25, -0.2) is 0 Å². The maximum atomic E-state index is 12.2. The zero-order valence-electron chi connectivity index (χ0n) is 7.17. The molecule has 0 N–H and O–H groups in total. The van der Waals surface area contributed by atoms with Gasteiger partial charge in [0, 0.05) is 5.57 Å². The van der Waals surface area contributed by atoms with Crippen molar-refractivity contribution in [1.82, 2.24) is 0 Å². The zero-order chi connectivity index (χ0) is 10.8. The standard InChI is InChI=1S/C9H7F3N2/c10-9(11,12)8-2-1-6(4-13)7(3-8)5-14/h2,6-7H,1,3H2. The van der Waals surface area contributed by atoms with E-state index in [0.717, 1.165) is 6.08 Å². The van der Waals surface area contributed by atoms with Crippen LogP contribution in [0, 0.1) is 34.5 Å². The van der Waals surface area contributed by atoms with Crippen molar-refractivity contribution >= 4 is 0 Å². The molecule has 1 aliphatic carbocycles. The summed E-state index contributed by atoms with van der Waals surface area (Å²) in [7, 11) is 0. The second-order valence-corrected chi connectivity index (χ2v) is 3.14. The van der Waals surface area contributed by atoms with Crippen molar-refractivity contribution in [1.29, 1.82) is 10.5 Å². The number of hydrogen-bond donors (Lipinski definition) is 0. The van der Waals surface area contributed by atoms with Gasteiger partial charge in [-0.05, 0) is 12.8 Å². The molecule has 0 aromatic heterocycles. The van der Waals surface area contributed by atoms with Crippen LogP contribution >= 0.6 is 0 Å². The number of nitriles is 2. The fourth-order valence-electron chi connectivity index (χ4n) is 1.41. The quantitative estimate of drug-likeness (QED) is 0.564. The van der Waals surface area contributed by atoms with Crippen molar-refractivity contribution in [2.75, 3.05) is 0 Å². The normalized spacial score (nSPS) is 27.4. The van der Waals surface area contributed by atoms with Crippen molar-refractivity contribution in [2.45, 2.75) is 19.0 Å². The maximum Gasteiger partial charge on any atom is 0.412 e. The van der Waals surface area contributed by atoms with Gasteiger partial charge in [-0.15, -0.1) is 0 Å². The molecule has 0 aliphatic heterocycles. The summed E-state index contributed by atoms with van der Waals surface area (Å²) in [6.45, 7) is 0. The summed E-state index contributed by atoms with van der Waals surface area (Å²) in [6.07, 6.45) is -3.70. The Morgan fingerprint density at radius 3 is 2.21 bits per heavy atom. The Morgan fingerprint density at radius 2 is 1.79 bits per heavy atom. The van der Waals surface area contributed by atoms with Crippen LogP contribution in [0.3, 0.4) is 0 Å². The number of allylic oxidation sites excluding steroid dienone is 2. The fourth-order valence-corrected chi connectivity index (χ4v) is 1.41. The molecule has 0 amide bonds. The van der Waals surface area contributed by atoms with Crippen molar-refractivity contribution < 1.29 is 13.2 Å². The van der Waals surface area contributed by atoms with Gasteiger partial charge in [-0.1, -0.05) is 6.08 Å². The zero-order valence-corrected chi connectivity index (χ0v) is 7.17. The van der Waals surface area contributed by atoms with E-state index in [1.807, 2.05) is 6.07 Å². The SMILES string of the molecule is N#CC1CC=C(C(F)(F)F)CC1C#N. The highest BCUT2D eigenvalue weighted by atomic mass is 19.4. The van der Waals surface area contributed by atoms with E-state index >= 15 is 0 Å². The number of nitrogens with zero attached hydrogens (tertiary/aromatic N) is 2. The van der Waals surface area contributed by atoms with E-state index in [1.165, 1.54) is 0 Å². The second kappa shape index (κ2) is 3.71. The summed E-state index contributed by atoms with van der Waals surface area (Å²) < 4.78 is 36.7. The van der Waals surface area contributed by atoms with Crippen molar-refractivity contribution in [2.24, 2.45) is 11.8 Å². The molecule has 1 aliphatic rings. The van der Waals surface area contributed by atoms with Crippen molar-refractivity contribution in [3.05, 3.63) is 11.6 Å². The van der Waals surface area contributed by atoms with Crippen LogP contribution < -0.4 is 0 Å². The van der Waals surface area contributed by atoms with E-state index in [1.54, 1.807) is 6.07 Å². The van der Waals surface area contributed by atoms with Crippen LogP contribution in [0.2, 0.25) is 0 Å². The average Bonchev–Trinajstić information content (AvgIpc) is 2.15. The number of hydrogen-bond acceptors (Lipinski definition) is 2. The van der Waals surface area contributed by atoms with E-state index < -0.39 is 23.6 Å². The first-order chi connectivity index (χ1) is 6.49. The topological polar surface area (TPSA) is 47.6 Å². The number of rotatable bonds is 0. The Bertz CT molecular complexity index is 329. The lowest BCUT2D eigenvalue weighted by Gasteiger charge is -2.22. The molecule has 2 nitrogen and oxygen atoms in total. The van der Waals surface area contributed by atoms with Gasteiger partial charge in [0.25, 0.3) is 0 Å². The molecule has 0 saturated heterocycles. The Hall–Kier alpha value is -1.49. The first kappa shape index (κ1) is 10.6. The summed E-state index contributed by atoms with van der Waals surface area (Å²) in [4.78, 5) is 0. The van der Waals surface area contributed by atoms with Gasteiger partial charge in [0.2, 0.25) is 0 Å². The van der Waals surface area contributed by atoms with Crippen molar-refractivity contribution in [3.8, 4) is 12.1 Å². The third kappa shape index (κ3) is 2.05. The average molecular weight is 200 g/mol. The number of halogens is 3. The maximum absolute atomic E-state index is 12.2. The van der Waals surface area contributed by atoms with Crippen LogP contribution in [0.5, 0.6) is 0 Å². The van der Waals surface area contributed by atoms with Crippen LogP contribution in [0.15, 0.2) is 11.6 Å². The first-order valence-corrected chi connectivity index (χ1v) is 4.04. The van der Waals surface area contributed by atoms with Gasteiger partial charge in [0.1, 0.15) is 0 Å². The largest absolute Gasteiger partial charge is 0.412 e. The highest BCUT2D eigenvalue weighted by molar-refractivity contribution is 5.19. The monoisotopic (exact) mass is 200 g/mol. The molecule has 1 rings (SSSR count). The Labute approximate surface area is 79.2 Å². The lowest BCUT2D eigenvalue weighted by molar-refractivity contribution is -0.0963. The lowest BCUT2D eigenvalue weighted by Crippen LogP contribution is -2.23. The van der Waals surface area contributed by atoms with E-state index in [-0.39, 0.29) is 12.8 Å². The lowest BCUT2D eigenvalue weighted by atomic mass is 9.81. The smallest absolute Gasteiger partial charge is 0.198 e. The molecular formula is C9H7F3N2. The molecule has 0 aromatic carbocycles. The fraction of sp³-hybridized carbons (Fsp3) is 0.556. The molecule has 0 aromatic rings. The number of alkyl halides is 3. The van der Waals surface area contributed by atoms with Gasteiger partial charge >= 0.3 is 6.18 Å². The van der Waals surface area contributed by atoms with E-state index in [2.05, 4.69) is 0 Å². The van der Waals surface area contributed by atoms with Crippen molar-refractivity contribution in [3.63, 3.8) is 0 Å². The summed E-state index contributed by atoms with van der Waals surface area (Å²) >= 11 is 0. The highest BCUT2D eigenvalue weighted by Gasteiger charge is 2.39. The van der Waals surface area contributed by atoms with Crippen LogP contribution in [-0.2, 0) is 0 Å². The molecule has 0 heterocycles. The molecule has 0 radical (unpaired) electrons. The summed E-state index contributed by atoms with van der Waals surface area (Å²) in [5.41, 5.74) is -0.685. The molecule has 74 valence electrons. The molecular weight excluding hydrogens is 193 g/mol. The van der Waals surface area contributed by atoms with Gasteiger partial charge in [0.05, 0.1) is 24.0 Å². The minimum absolute atomic E-state index is 0.0174. The Balaban J connectivity index is 2.86. The molecule has 2 unspecified atom stereocenters. The molecule has 2 atom stereocenters. The molecule has 0 bridgehead atoms. The van der Waals surface area contributed by atoms with Gasteiger partial charge < -0.3 is 0 Å². The molecule has 0 saturated carbocycles. The van der Waals surface area contributed by atoms with Crippen LogP contribution in [0.4, 0.5) is 13.2 Å². The molecule has 5 heteroatoms. The third-order valence-corrected chi connectivity index (χ3v) is 2.24. The highest BCUT2D eigenvalue weighted by Crippen LogP contribution is 2.37. The minimum Gasteiger partial charge on any atom is -0.198 e. The second-order valence-electron chi connectivity index (χ2n) is 3.14. The Morgan fingerprint density at radius 1 is 1.21 bits per heavy atom. The third-order valence-electron chi connectivity index (χ3n) is 2.24. The predicted molar refractivity (Wildman–Crippen MR) is 41.6 cm³/mol. The van der Waals surface area contributed by atoms with Crippen LogP contribution in [0.25, 0.3) is 0 Å². The predicted octanol–water partition coefficient (Wildman–Crippen LogP) is 2.55. The van der Waals surface area contributed by atoms with Gasteiger partial charge in [-0.3, -0.25) is 0 Å². The Kier molecular flexibility index (Phi) is 2.81. The van der Waals surface area contributed by atoms with Gasteiger partial charge in [-0.2, -0.15) is 23.7 Å². The van der Waals surface area contributed by atoms with Crippen LogP contribution in [-0.4, -0.2) is 6.18 Å². The van der Waals surface area contributed by atoms with Crippen LogP contribution in [0.1, 0.15) is 12.8 Å². The van der Waals surface area contributed by atoms with E-state index in [0.29, 0.717) is 0 Å². The molecule has 0 spiro atoms. The summed E-state index contributed by atoms with van der Waals surface area (Å²) in [5.74, 6) is -1.44. The first-order valence-electron chi connectivity index (χ1n) is 4.04. The summed E-state index contributed by atoms with van der Waals surface area (Å²) in [6, 6.07) is 3.59.